The van der Waals surface area contributed by atoms with Gasteiger partial charge in [0.2, 0.25) is 0 Å². The second-order valence-electron chi connectivity index (χ2n) is 4.59. The number of hydrogen-bond donors (Lipinski definition) is 1. The van der Waals surface area contributed by atoms with Crippen molar-refractivity contribution < 1.29 is 18.7 Å². The van der Waals surface area contributed by atoms with Crippen molar-refractivity contribution in [3.8, 4) is 23.3 Å². The minimum Gasteiger partial charge on any atom is -0.484 e. The second-order valence-corrected chi connectivity index (χ2v) is 5.00. The van der Waals surface area contributed by atoms with Gasteiger partial charge in [-0.2, -0.15) is 0 Å². The second kappa shape index (κ2) is 9.43. The van der Waals surface area contributed by atoms with Crippen LogP contribution >= 0.6 is 11.6 Å². The molecule has 0 bridgehead atoms. The predicted octanol–water partition coefficient (Wildman–Crippen LogP) is 3.06. The van der Waals surface area contributed by atoms with Gasteiger partial charge in [-0.25, -0.2) is 4.39 Å². The minimum atomic E-state index is -0.360. The standard InChI is InChI=1S/C18H15ClFNO3/c19-16-5-1-2-6-17(16)23-12-4-3-11-21-18(22)13-24-15-9-7-14(20)8-10-15/h1-2,5-10H,11-13H2,(H,21,22). The van der Waals surface area contributed by atoms with E-state index in [0.29, 0.717) is 16.5 Å². The molecule has 2 rings (SSSR count). The summed E-state index contributed by atoms with van der Waals surface area (Å²) < 4.78 is 23.3. The van der Waals surface area contributed by atoms with Crippen LogP contribution in [0.5, 0.6) is 11.5 Å². The molecule has 0 aliphatic rings. The van der Waals surface area contributed by atoms with Crippen LogP contribution in [0.2, 0.25) is 5.02 Å². The third-order valence-corrected chi connectivity index (χ3v) is 3.13. The topological polar surface area (TPSA) is 47.6 Å². The van der Waals surface area contributed by atoms with Crippen LogP contribution in [0.3, 0.4) is 0 Å². The van der Waals surface area contributed by atoms with Crippen molar-refractivity contribution in [3.05, 3.63) is 59.4 Å². The van der Waals surface area contributed by atoms with Crippen LogP contribution < -0.4 is 14.8 Å². The molecule has 124 valence electrons. The van der Waals surface area contributed by atoms with Gasteiger partial charge in [-0.3, -0.25) is 4.79 Å². The van der Waals surface area contributed by atoms with E-state index in [1.54, 1.807) is 12.1 Å². The molecule has 0 unspecified atom stereocenters. The van der Waals surface area contributed by atoms with Crippen LogP contribution in [0.15, 0.2) is 48.5 Å². The van der Waals surface area contributed by atoms with Gasteiger partial charge in [-0.05, 0) is 36.4 Å². The third-order valence-electron chi connectivity index (χ3n) is 2.82. The van der Waals surface area contributed by atoms with Gasteiger partial charge >= 0.3 is 0 Å². The molecule has 2 aromatic carbocycles. The molecular formula is C18H15ClFNO3. The summed E-state index contributed by atoms with van der Waals surface area (Å²) in [7, 11) is 0. The fourth-order valence-corrected chi connectivity index (χ4v) is 1.85. The van der Waals surface area contributed by atoms with E-state index in [0.717, 1.165) is 0 Å². The summed E-state index contributed by atoms with van der Waals surface area (Å²) >= 11 is 5.93. The van der Waals surface area contributed by atoms with E-state index in [9.17, 15) is 9.18 Å². The van der Waals surface area contributed by atoms with Gasteiger partial charge in [0.1, 0.15) is 23.9 Å². The first-order valence-electron chi connectivity index (χ1n) is 7.13. The number of hydrogen-bond acceptors (Lipinski definition) is 3. The smallest absolute Gasteiger partial charge is 0.258 e. The summed E-state index contributed by atoms with van der Waals surface area (Å²) in [5.74, 6) is 5.83. The summed E-state index contributed by atoms with van der Waals surface area (Å²) in [6.07, 6.45) is 0. The summed E-state index contributed by atoms with van der Waals surface area (Å²) in [5, 5.41) is 3.10. The number of ether oxygens (including phenoxy) is 2. The molecule has 0 aliphatic carbocycles. The number of para-hydroxylation sites is 1. The van der Waals surface area contributed by atoms with E-state index >= 15 is 0 Å². The Morgan fingerprint density at radius 2 is 1.83 bits per heavy atom. The molecule has 0 saturated carbocycles. The number of carbonyl (C=O) groups excluding carboxylic acids is 1. The highest BCUT2D eigenvalue weighted by Gasteiger charge is 2.01. The zero-order chi connectivity index (χ0) is 17.2. The molecule has 1 amide bonds. The van der Waals surface area contributed by atoms with Gasteiger partial charge in [0, 0.05) is 0 Å². The van der Waals surface area contributed by atoms with E-state index in [-0.39, 0.29) is 31.5 Å². The quantitative estimate of drug-likeness (QED) is 0.817. The number of halogens is 2. The molecular weight excluding hydrogens is 333 g/mol. The molecule has 0 aliphatic heterocycles. The molecule has 0 radical (unpaired) electrons. The molecule has 24 heavy (non-hydrogen) atoms. The highest BCUT2D eigenvalue weighted by molar-refractivity contribution is 6.32. The molecule has 0 spiro atoms. The van der Waals surface area contributed by atoms with E-state index in [2.05, 4.69) is 17.2 Å². The lowest BCUT2D eigenvalue weighted by atomic mass is 10.3. The zero-order valence-corrected chi connectivity index (χ0v) is 13.5. The van der Waals surface area contributed by atoms with Gasteiger partial charge in [0.25, 0.3) is 5.91 Å². The number of carbonyl (C=O) groups is 1. The van der Waals surface area contributed by atoms with E-state index in [4.69, 9.17) is 21.1 Å². The average Bonchev–Trinajstić information content (AvgIpc) is 2.59. The van der Waals surface area contributed by atoms with Crippen LogP contribution in [-0.4, -0.2) is 25.7 Å². The van der Waals surface area contributed by atoms with Crippen molar-refractivity contribution in [3.63, 3.8) is 0 Å². The van der Waals surface area contributed by atoms with Crippen LogP contribution in [0.1, 0.15) is 0 Å². The molecule has 0 fully saturated rings. The summed E-state index contributed by atoms with van der Waals surface area (Å²) in [5.41, 5.74) is 0. The first-order valence-corrected chi connectivity index (χ1v) is 7.51. The van der Waals surface area contributed by atoms with Gasteiger partial charge in [-0.1, -0.05) is 35.6 Å². The minimum absolute atomic E-state index is 0.163. The largest absolute Gasteiger partial charge is 0.484 e. The SMILES string of the molecule is O=C(COc1ccc(F)cc1)NCC#CCOc1ccccc1Cl. The summed E-state index contributed by atoms with van der Waals surface area (Å²) in [6.45, 7) is 0.187. The Labute approximate surface area is 144 Å². The first kappa shape index (κ1) is 17.6. The molecule has 4 nitrogen and oxygen atoms in total. The summed E-state index contributed by atoms with van der Waals surface area (Å²) in [6, 6.07) is 12.5. The van der Waals surface area contributed by atoms with Crippen LogP contribution in [0.25, 0.3) is 0 Å². The maximum Gasteiger partial charge on any atom is 0.258 e. The Morgan fingerprint density at radius 1 is 1.08 bits per heavy atom. The van der Waals surface area contributed by atoms with Crippen molar-refractivity contribution in [1.82, 2.24) is 5.32 Å². The van der Waals surface area contributed by atoms with Crippen LogP contribution in [-0.2, 0) is 4.79 Å². The maximum absolute atomic E-state index is 12.7. The highest BCUT2D eigenvalue weighted by atomic mass is 35.5. The monoisotopic (exact) mass is 347 g/mol. The van der Waals surface area contributed by atoms with E-state index in [1.165, 1.54) is 24.3 Å². The van der Waals surface area contributed by atoms with Crippen molar-refractivity contribution >= 4 is 17.5 Å². The lowest BCUT2D eigenvalue weighted by molar-refractivity contribution is -0.122. The lowest BCUT2D eigenvalue weighted by Gasteiger charge is -2.05. The molecule has 0 saturated heterocycles. The summed E-state index contributed by atoms with van der Waals surface area (Å²) in [4.78, 5) is 11.6. The Hall–Kier alpha value is -2.71. The van der Waals surface area contributed by atoms with Crippen LogP contribution in [0.4, 0.5) is 4.39 Å². The fourth-order valence-electron chi connectivity index (χ4n) is 1.66. The molecule has 0 aromatic heterocycles. The molecule has 6 heteroatoms. The van der Waals surface area contributed by atoms with E-state index in [1.807, 2.05) is 12.1 Å². The van der Waals surface area contributed by atoms with Crippen molar-refractivity contribution in [2.24, 2.45) is 0 Å². The maximum atomic E-state index is 12.7. The van der Waals surface area contributed by atoms with Crippen molar-refractivity contribution in [2.75, 3.05) is 19.8 Å². The molecule has 0 atom stereocenters. The predicted molar refractivity (Wildman–Crippen MR) is 89.6 cm³/mol. The van der Waals surface area contributed by atoms with Crippen molar-refractivity contribution in [2.45, 2.75) is 0 Å². The van der Waals surface area contributed by atoms with Crippen LogP contribution in [0, 0.1) is 17.7 Å². The number of nitrogens with one attached hydrogen (secondary N) is 1. The van der Waals surface area contributed by atoms with Gasteiger partial charge < -0.3 is 14.8 Å². The Balaban J connectivity index is 1.62. The zero-order valence-electron chi connectivity index (χ0n) is 12.7. The number of benzene rings is 2. The number of amides is 1. The Bertz CT molecular complexity index is 738. The highest BCUT2D eigenvalue weighted by Crippen LogP contribution is 2.22. The third kappa shape index (κ3) is 6.19. The van der Waals surface area contributed by atoms with Gasteiger partial charge in [-0.15, -0.1) is 0 Å². The lowest BCUT2D eigenvalue weighted by Crippen LogP contribution is -2.29. The van der Waals surface area contributed by atoms with Gasteiger partial charge in [0.05, 0.1) is 11.6 Å². The number of rotatable bonds is 6. The molecule has 0 heterocycles. The van der Waals surface area contributed by atoms with Crippen molar-refractivity contribution in [1.29, 1.82) is 0 Å². The first-order chi connectivity index (χ1) is 11.6. The van der Waals surface area contributed by atoms with E-state index < -0.39 is 0 Å². The molecule has 1 N–H and O–H groups in total. The molecule has 2 aromatic rings. The normalized spacial score (nSPS) is 9.58. The Kier molecular flexibility index (Phi) is 6.93. The fraction of sp³-hybridized carbons (Fsp3) is 0.167. The Morgan fingerprint density at radius 3 is 2.58 bits per heavy atom. The van der Waals surface area contributed by atoms with Gasteiger partial charge in [0.15, 0.2) is 6.61 Å². The average molecular weight is 348 g/mol.